The highest BCUT2D eigenvalue weighted by Gasteiger charge is 2.16. The van der Waals surface area contributed by atoms with Gasteiger partial charge in [0, 0.05) is 11.6 Å². The zero-order valence-corrected chi connectivity index (χ0v) is 10.0. The molecule has 0 fully saturated rings. The highest BCUT2D eigenvalue weighted by Crippen LogP contribution is 1.98. The Morgan fingerprint density at radius 1 is 1.24 bits per heavy atom. The highest BCUT2D eigenvalue weighted by molar-refractivity contribution is 5.72. The van der Waals surface area contributed by atoms with Crippen LogP contribution in [0.2, 0.25) is 0 Å². The average Bonchev–Trinajstić information content (AvgIpc) is 2.30. The molecule has 0 bridgehead atoms. The molecule has 92 valence electrons. The monoisotopic (exact) mass is 238 g/mol. The number of carbonyl (C=O) groups excluding carboxylic acids is 2. The van der Waals surface area contributed by atoms with Gasteiger partial charge in [0.05, 0.1) is 19.6 Å². The summed E-state index contributed by atoms with van der Waals surface area (Å²) in [6.45, 7) is 4.15. The Hall–Kier alpha value is -1.91. The van der Waals surface area contributed by atoms with Crippen molar-refractivity contribution in [3.8, 4) is 0 Å². The lowest BCUT2D eigenvalue weighted by Crippen LogP contribution is -2.43. The van der Waals surface area contributed by atoms with E-state index in [-0.39, 0.29) is 12.4 Å². The average molecular weight is 238 g/mol. The molecule has 17 heavy (non-hydrogen) atoms. The van der Waals surface area contributed by atoms with E-state index in [9.17, 15) is 9.59 Å². The molecular weight excluding hydrogens is 222 g/mol. The quantitative estimate of drug-likeness (QED) is 0.582. The molecule has 0 radical (unpaired) electrons. The minimum absolute atomic E-state index is 0.147. The summed E-state index contributed by atoms with van der Waals surface area (Å²) >= 11 is 0. The number of pyridine rings is 1. The number of ether oxygens (including phenoxy) is 2. The van der Waals surface area contributed by atoms with Crippen LogP contribution in [-0.4, -0.2) is 25.3 Å². The van der Waals surface area contributed by atoms with E-state index in [2.05, 4.69) is 0 Å². The number of aromatic nitrogens is 1. The van der Waals surface area contributed by atoms with Crippen molar-refractivity contribution in [2.75, 3.05) is 13.2 Å². The molecule has 5 heteroatoms. The fourth-order valence-electron chi connectivity index (χ4n) is 1.32. The van der Waals surface area contributed by atoms with Gasteiger partial charge in [-0.1, -0.05) is 4.57 Å². The Morgan fingerprint density at radius 3 is 2.59 bits per heavy atom. The number of hydrogen-bond donors (Lipinski definition) is 0. The van der Waals surface area contributed by atoms with E-state index in [0.717, 1.165) is 0 Å². The first-order chi connectivity index (χ1) is 8.17. The molecule has 1 heterocycles. The standard InChI is InChI=1S/C12H16NO4/c1-3-16-11(14)8-10-6-5-7-13(9-10)12(15)17-4-2/h5-7,9H,3-4,8H2,1-2H3/q+1. The van der Waals surface area contributed by atoms with E-state index >= 15 is 0 Å². The van der Waals surface area contributed by atoms with Crippen LogP contribution in [0.3, 0.4) is 0 Å². The van der Waals surface area contributed by atoms with E-state index in [4.69, 9.17) is 9.47 Å². The van der Waals surface area contributed by atoms with Gasteiger partial charge < -0.3 is 9.47 Å². The summed E-state index contributed by atoms with van der Waals surface area (Å²) in [7, 11) is 0. The van der Waals surface area contributed by atoms with Gasteiger partial charge >= 0.3 is 12.1 Å². The second kappa shape index (κ2) is 6.62. The van der Waals surface area contributed by atoms with Crippen molar-refractivity contribution in [2.24, 2.45) is 0 Å². The van der Waals surface area contributed by atoms with E-state index < -0.39 is 6.09 Å². The Bertz CT molecular complexity index is 403. The largest absolute Gasteiger partial charge is 0.601 e. The fraction of sp³-hybridized carbons (Fsp3) is 0.417. The van der Waals surface area contributed by atoms with Gasteiger partial charge in [-0.15, -0.1) is 0 Å². The first kappa shape index (κ1) is 13.2. The molecule has 0 saturated heterocycles. The van der Waals surface area contributed by atoms with Crippen LogP contribution in [0, 0.1) is 0 Å². The van der Waals surface area contributed by atoms with Gasteiger partial charge in [0.2, 0.25) is 0 Å². The normalized spacial score (nSPS) is 9.76. The van der Waals surface area contributed by atoms with Crippen molar-refractivity contribution >= 4 is 12.1 Å². The lowest BCUT2D eigenvalue weighted by Gasteiger charge is -2.00. The molecule has 0 aliphatic heterocycles. The van der Waals surface area contributed by atoms with Gasteiger partial charge in [-0.25, -0.2) is 0 Å². The van der Waals surface area contributed by atoms with Gasteiger partial charge in [-0.05, 0) is 19.9 Å². The lowest BCUT2D eigenvalue weighted by atomic mass is 10.2. The van der Waals surface area contributed by atoms with Gasteiger partial charge in [-0.3, -0.25) is 4.79 Å². The van der Waals surface area contributed by atoms with Crippen molar-refractivity contribution in [3.05, 3.63) is 30.1 Å². The number of nitrogens with zero attached hydrogens (tertiary/aromatic N) is 1. The highest BCUT2D eigenvalue weighted by atomic mass is 16.5. The summed E-state index contributed by atoms with van der Waals surface area (Å²) in [5.41, 5.74) is 0.707. The van der Waals surface area contributed by atoms with E-state index in [0.29, 0.717) is 18.8 Å². The smallest absolute Gasteiger partial charge is 0.466 e. The predicted octanol–water partition coefficient (Wildman–Crippen LogP) is 1.08. The third-order valence-corrected chi connectivity index (χ3v) is 1.99. The predicted molar refractivity (Wildman–Crippen MR) is 59.4 cm³/mol. The Labute approximate surface area is 100.0 Å². The number of rotatable bonds is 4. The molecule has 1 aromatic heterocycles. The van der Waals surface area contributed by atoms with Crippen molar-refractivity contribution in [3.63, 3.8) is 0 Å². The molecule has 5 nitrogen and oxygen atoms in total. The summed E-state index contributed by atoms with van der Waals surface area (Å²) in [6, 6.07) is 3.44. The molecule has 0 aliphatic rings. The van der Waals surface area contributed by atoms with Crippen molar-refractivity contribution in [1.82, 2.24) is 0 Å². The summed E-state index contributed by atoms with van der Waals surface area (Å²) < 4.78 is 11.0. The molecule has 0 N–H and O–H groups in total. The maximum atomic E-state index is 11.4. The van der Waals surface area contributed by atoms with Crippen LogP contribution in [0.15, 0.2) is 24.5 Å². The maximum absolute atomic E-state index is 11.4. The number of hydrogen-bond acceptors (Lipinski definition) is 4. The fourth-order valence-corrected chi connectivity index (χ4v) is 1.32. The summed E-state index contributed by atoms with van der Waals surface area (Å²) in [5.74, 6) is -0.311. The molecule has 0 saturated carbocycles. The van der Waals surface area contributed by atoms with Gasteiger partial charge in [0.1, 0.15) is 0 Å². The lowest BCUT2D eigenvalue weighted by molar-refractivity contribution is -0.586. The molecule has 1 rings (SSSR count). The first-order valence-corrected chi connectivity index (χ1v) is 5.50. The minimum Gasteiger partial charge on any atom is -0.466 e. The SMILES string of the molecule is CCOC(=O)Cc1ccc[n+](C(=O)OCC)c1. The Morgan fingerprint density at radius 2 is 1.94 bits per heavy atom. The van der Waals surface area contributed by atoms with Crippen LogP contribution in [0.4, 0.5) is 4.79 Å². The summed E-state index contributed by atoms with van der Waals surface area (Å²) in [6.07, 6.45) is 2.83. The van der Waals surface area contributed by atoms with Crippen molar-refractivity contribution < 1.29 is 23.6 Å². The summed E-state index contributed by atoms with van der Waals surface area (Å²) in [4.78, 5) is 22.7. The Balaban J connectivity index is 2.72. The second-order valence-corrected chi connectivity index (χ2v) is 3.30. The molecule has 0 aliphatic carbocycles. The maximum Gasteiger partial charge on any atom is 0.601 e. The van der Waals surface area contributed by atoms with Gasteiger partial charge in [0.25, 0.3) is 0 Å². The molecule has 1 aromatic rings. The first-order valence-electron chi connectivity index (χ1n) is 5.50. The third-order valence-electron chi connectivity index (χ3n) is 1.99. The zero-order valence-electron chi connectivity index (χ0n) is 10.0. The molecule has 0 spiro atoms. The molecular formula is C12H16NO4+. The van der Waals surface area contributed by atoms with Crippen LogP contribution in [-0.2, 0) is 20.7 Å². The molecule has 0 aromatic carbocycles. The molecule has 0 unspecified atom stereocenters. The zero-order chi connectivity index (χ0) is 12.7. The topological polar surface area (TPSA) is 56.5 Å². The van der Waals surface area contributed by atoms with Crippen molar-refractivity contribution in [1.29, 1.82) is 0 Å². The number of esters is 1. The second-order valence-electron chi connectivity index (χ2n) is 3.30. The van der Waals surface area contributed by atoms with Crippen LogP contribution >= 0.6 is 0 Å². The van der Waals surface area contributed by atoms with E-state index in [1.165, 1.54) is 4.57 Å². The van der Waals surface area contributed by atoms with Gasteiger partial charge in [0.15, 0.2) is 12.4 Å². The molecule has 0 atom stereocenters. The number of carbonyl (C=O) groups is 2. The van der Waals surface area contributed by atoms with E-state index in [1.807, 2.05) is 0 Å². The van der Waals surface area contributed by atoms with E-state index in [1.54, 1.807) is 38.4 Å². The van der Waals surface area contributed by atoms with Crippen LogP contribution in [0.5, 0.6) is 0 Å². The van der Waals surface area contributed by atoms with Crippen LogP contribution < -0.4 is 4.57 Å². The third kappa shape index (κ3) is 4.22. The Kier molecular flexibility index (Phi) is 5.13. The minimum atomic E-state index is -0.460. The van der Waals surface area contributed by atoms with Crippen LogP contribution in [0.25, 0.3) is 0 Å². The van der Waals surface area contributed by atoms with Gasteiger partial charge in [-0.2, -0.15) is 4.79 Å². The van der Waals surface area contributed by atoms with Crippen LogP contribution in [0.1, 0.15) is 19.4 Å². The summed E-state index contributed by atoms with van der Waals surface area (Å²) in [5, 5.41) is 0. The van der Waals surface area contributed by atoms with Crippen molar-refractivity contribution in [2.45, 2.75) is 20.3 Å². The molecule has 0 amide bonds.